The molecule has 6 heteroatoms. The molecule has 1 aliphatic heterocycles. The van der Waals surface area contributed by atoms with E-state index in [2.05, 4.69) is 15.1 Å². The number of hydrogen-bond acceptors (Lipinski definition) is 5. The predicted octanol–water partition coefficient (Wildman–Crippen LogP) is 2.88. The maximum absolute atomic E-state index is 12.0. The first-order chi connectivity index (χ1) is 11.5. The maximum atomic E-state index is 12.0. The van der Waals surface area contributed by atoms with E-state index < -0.39 is 0 Å². The van der Waals surface area contributed by atoms with Crippen LogP contribution in [0.5, 0.6) is 0 Å². The standard InChI is InChI=1S/C18H24N4O2/c1-12(2)18(23)22-9-7-14(8-10-22)11-16-20-17(21-24-16)15-6-4-5-13(3)19-15/h4-6,12,14H,7-11H2,1-3H3. The fraction of sp³-hybridized carbons (Fsp3) is 0.556. The molecular formula is C18H24N4O2. The van der Waals surface area contributed by atoms with Crippen LogP contribution < -0.4 is 0 Å². The quantitative estimate of drug-likeness (QED) is 0.863. The monoisotopic (exact) mass is 328 g/mol. The molecule has 0 atom stereocenters. The zero-order chi connectivity index (χ0) is 17.1. The molecule has 3 heterocycles. The van der Waals surface area contributed by atoms with E-state index in [1.54, 1.807) is 0 Å². The van der Waals surface area contributed by atoms with Gasteiger partial charge in [-0.2, -0.15) is 4.98 Å². The van der Waals surface area contributed by atoms with Crippen LogP contribution in [0.1, 0.15) is 38.3 Å². The molecule has 0 unspecified atom stereocenters. The van der Waals surface area contributed by atoms with Crippen LogP contribution in [0, 0.1) is 18.8 Å². The lowest BCUT2D eigenvalue weighted by Crippen LogP contribution is -2.40. The highest BCUT2D eigenvalue weighted by atomic mass is 16.5. The van der Waals surface area contributed by atoms with E-state index in [9.17, 15) is 4.79 Å². The van der Waals surface area contributed by atoms with Crippen LogP contribution in [0.3, 0.4) is 0 Å². The summed E-state index contributed by atoms with van der Waals surface area (Å²) in [6.07, 6.45) is 2.74. The van der Waals surface area contributed by atoms with Gasteiger partial charge in [0.15, 0.2) is 0 Å². The highest BCUT2D eigenvalue weighted by molar-refractivity contribution is 5.78. The van der Waals surface area contributed by atoms with Gasteiger partial charge in [0, 0.05) is 31.1 Å². The topological polar surface area (TPSA) is 72.1 Å². The van der Waals surface area contributed by atoms with Gasteiger partial charge in [0.05, 0.1) is 0 Å². The number of nitrogens with zero attached hydrogens (tertiary/aromatic N) is 4. The van der Waals surface area contributed by atoms with Crippen molar-refractivity contribution in [1.82, 2.24) is 20.0 Å². The van der Waals surface area contributed by atoms with Crippen LogP contribution in [0.2, 0.25) is 0 Å². The Morgan fingerprint density at radius 2 is 2.04 bits per heavy atom. The fourth-order valence-electron chi connectivity index (χ4n) is 3.08. The van der Waals surface area contributed by atoms with Crippen LogP contribution in [0.4, 0.5) is 0 Å². The van der Waals surface area contributed by atoms with Crippen LogP contribution in [-0.2, 0) is 11.2 Å². The van der Waals surface area contributed by atoms with Crippen molar-refractivity contribution in [3.05, 3.63) is 29.8 Å². The van der Waals surface area contributed by atoms with Gasteiger partial charge in [-0.1, -0.05) is 25.1 Å². The SMILES string of the molecule is Cc1cccc(-c2noc(CC3CCN(C(=O)C(C)C)CC3)n2)n1. The molecule has 0 N–H and O–H groups in total. The molecule has 1 amide bonds. The smallest absolute Gasteiger partial charge is 0.227 e. The summed E-state index contributed by atoms with van der Waals surface area (Å²) in [6.45, 7) is 7.49. The average Bonchev–Trinajstić information content (AvgIpc) is 3.03. The zero-order valence-electron chi connectivity index (χ0n) is 14.5. The van der Waals surface area contributed by atoms with E-state index in [1.165, 1.54) is 0 Å². The van der Waals surface area contributed by atoms with Gasteiger partial charge in [-0.15, -0.1) is 0 Å². The Bertz CT molecular complexity index is 703. The first-order valence-electron chi connectivity index (χ1n) is 8.58. The first-order valence-corrected chi connectivity index (χ1v) is 8.58. The molecule has 0 bridgehead atoms. The number of rotatable bonds is 4. The molecular weight excluding hydrogens is 304 g/mol. The van der Waals surface area contributed by atoms with Crippen LogP contribution in [0.25, 0.3) is 11.5 Å². The molecule has 1 saturated heterocycles. The number of aromatic nitrogens is 3. The second-order valence-corrected chi connectivity index (χ2v) is 6.80. The molecule has 0 saturated carbocycles. The third kappa shape index (κ3) is 3.80. The number of likely N-dealkylation sites (tertiary alicyclic amines) is 1. The van der Waals surface area contributed by atoms with Crippen molar-refractivity contribution in [2.24, 2.45) is 11.8 Å². The van der Waals surface area contributed by atoms with Gasteiger partial charge in [0.25, 0.3) is 0 Å². The minimum atomic E-state index is 0.0712. The molecule has 0 radical (unpaired) electrons. The van der Waals surface area contributed by atoms with Crippen LogP contribution in [0.15, 0.2) is 22.7 Å². The molecule has 2 aromatic rings. The largest absolute Gasteiger partial charge is 0.342 e. The average molecular weight is 328 g/mol. The minimum absolute atomic E-state index is 0.0712. The fourth-order valence-corrected chi connectivity index (χ4v) is 3.08. The number of carbonyl (C=O) groups excluding carboxylic acids is 1. The van der Waals surface area contributed by atoms with E-state index in [1.807, 2.05) is 43.9 Å². The van der Waals surface area contributed by atoms with Gasteiger partial charge < -0.3 is 9.42 Å². The summed E-state index contributed by atoms with van der Waals surface area (Å²) in [5.41, 5.74) is 1.67. The van der Waals surface area contributed by atoms with Crippen molar-refractivity contribution in [3.8, 4) is 11.5 Å². The second-order valence-electron chi connectivity index (χ2n) is 6.80. The lowest BCUT2D eigenvalue weighted by Gasteiger charge is -2.32. The Morgan fingerprint density at radius 3 is 2.71 bits per heavy atom. The first kappa shape index (κ1) is 16.6. The van der Waals surface area contributed by atoms with Gasteiger partial charge in [0.2, 0.25) is 17.6 Å². The summed E-state index contributed by atoms with van der Waals surface area (Å²) in [6, 6.07) is 5.77. The molecule has 0 spiro atoms. The van der Waals surface area contributed by atoms with Crippen molar-refractivity contribution in [2.45, 2.75) is 40.0 Å². The molecule has 6 nitrogen and oxygen atoms in total. The Kier molecular flexibility index (Phi) is 4.92. The number of aryl methyl sites for hydroxylation is 1. The summed E-state index contributed by atoms with van der Waals surface area (Å²) in [5, 5.41) is 4.05. The third-order valence-electron chi connectivity index (χ3n) is 4.47. The molecule has 128 valence electrons. The summed E-state index contributed by atoms with van der Waals surface area (Å²) in [5.74, 6) is 2.00. The highest BCUT2D eigenvalue weighted by Gasteiger charge is 2.25. The number of piperidine rings is 1. The van der Waals surface area contributed by atoms with Crippen molar-refractivity contribution in [1.29, 1.82) is 0 Å². The number of hydrogen-bond donors (Lipinski definition) is 0. The van der Waals surface area contributed by atoms with Gasteiger partial charge in [-0.3, -0.25) is 4.79 Å². The summed E-state index contributed by atoms with van der Waals surface area (Å²) in [4.78, 5) is 22.9. The molecule has 24 heavy (non-hydrogen) atoms. The van der Waals surface area contributed by atoms with Crippen molar-refractivity contribution < 1.29 is 9.32 Å². The summed E-state index contributed by atoms with van der Waals surface area (Å²) >= 11 is 0. The minimum Gasteiger partial charge on any atom is -0.342 e. The molecule has 1 aliphatic rings. The Balaban J connectivity index is 1.57. The molecule has 0 aliphatic carbocycles. The third-order valence-corrected chi connectivity index (χ3v) is 4.47. The Labute approximate surface area is 142 Å². The molecule has 3 rings (SSSR count). The van der Waals surface area contributed by atoms with E-state index in [4.69, 9.17) is 4.52 Å². The van der Waals surface area contributed by atoms with E-state index in [0.717, 1.165) is 43.7 Å². The molecule has 0 aromatic carbocycles. The summed E-state index contributed by atoms with van der Waals surface area (Å²) in [7, 11) is 0. The highest BCUT2D eigenvalue weighted by Crippen LogP contribution is 2.23. The van der Waals surface area contributed by atoms with Gasteiger partial charge >= 0.3 is 0 Å². The van der Waals surface area contributed by atoms with Crippen molar-refractivity contribution in [2.75, 3.05) is 13.1 Å². The van der Waals surface area contributed by atoms with E-state index in [0.29, 0.717) is 17.6 Å². The zero-order valence-corrected chi connectivity index (χ0v) is 14.5. The lowest BCUT2D eigenvalue weighted by molar-refractivity contribution is -0.135. The molecule has 2 aromatic heterocycles. The Hall–Kier alpha value is -2.24. The number of pyridine rings is 1. The number of amides is 1. The van der Waals surface area contributed by atoms with Crippen LogP contribution in [-0.4, -0.2) is 39.0 Å². The lowest BCUT2D eigenvalue weighted by atomic mass is 9.93. The van der Waals surface area contributed by atoms with Gasteiger partial charge in [-0.05, 0) is 37.8 Å². The summed E-state index contributed by atoms with van der Waals surface area (Å²) < 4.78 is 5.39. The van der Waals surface area contributed by atoms with Crippen LogP contribution >= 0.6 is 0 Å². The van der Waals surface area contributed by atoms with Gasteiger partial charge in [0.1, 0.15) is 5.69 Å². The number of carbonyl (C=O) groups is 1. The van der Waals surface area contributed by atoms with E-state index in [-0.39, 0.29) is 11.8 Å². The molecule has 1 fully saturated rings. The second kappa shape index (κ2) is 7.11. The normalized spacial score (nSPS) is 15.9. The van der Waals surface area contributed by atoms with Crippen molar-refractivity contribution in [3.63, 3.8) is 0 Å². The van der Waals surface area contributed by atoms with Crippen molar-refractivity contribution >= 4 is 5.91 Å². The van der Waals surface area contributed by atoms with E-state index >= 15 is 0 Å². The predicted molar refractivity (Wildman–Crippen MR) is 90.1 cm³/mol. The van der Waals surface area contributed by atoms with Gasteiger partial charge in [-0.25, -0.2) is 4.98 Å². The maximum Gasteiger partial charge on any atom is 0.227 e. The Morgan fingerprint density at radius 1 is 1.29 bits per heavy atom.